The third-order valence-electron chi connectivity index (χ3n) is 11.9. The molecule has 0 heterocycles. The molecule has 0 aliphatic carbocycles. The van der Waals surface area contributed by atoms with Crippen molar-refractivity contribution in [1.29, 1.82) is 0 Å². The summed E-state index contributed by atoms with van der Waals surface area (Å²) in [4.78, 5) is 149. The van der Waals surface area contributed by atoms with Gasteiger partial charge in [-0.15, -0.1) is 0 Å². The van der Waals surface area contributed by atoms with Crippen LogP contribution in [0.4, 0.5) is 0 Å². The van der Waals surface area contributed by atoms with Gasteiger partial charge >= 0.3 is 11.9 Å². The number of carboxylic acids is 2. The Bertz CT molecular complexity index is 2160. The molecule has 1 aromatic carbocycles. The largest absolute Gasteiger partial charge is 0.481 e. The Hall–Kier alpha value is -7.50. The first-order valence-electron chi connectivity index (χ1n) is 25.2. The van der Waals surface area contributed by atoms with Crippen LogP contribution in [0.25, 0.3) is 0 Å². The number of aliphatic carboxylic acids is 2. The van der Waals surface area contributed by atoms with Gasteiger partial charge in [0, 0.05) is 19.4 Å². The highest BCUT2D eigenvalue weighted by molar-refractivity contribution is 5.99. The number of primary amides is 1. The Morgan fingerprint density at radius 1 is 0.571 bits per heavy atom. The van der Waals surface area contributed by atoms with Gasteiger partial charge in [0.2, 0.25) is 53.2 Å². The maximum Gasteiger partial charge on any atom is 0.326 e. The number of benzene rings is 1. The maximum atomic E-state index is 13.9. The number of nitrogens with two attached hydrogens (primary N) is 5. The Labute approximate surface area is 446 Å². The number of aliphatic hydroxyl groups excluding tert-OH is 2. The Morgan fingerprint density at radius 3 is 1.56 bits per heavy atom. The molecule has 1 rings (SSSR count). The van der Waals surface area contributed by atoms with Crippen LogP contribution in [0, 0.1) is 11.8 Å². The van der Waals surface area contributed by atoms with Crippen molar-refractivity contribution in [2.75, 3.05) is 26.3 Å². The van der Waals surface area contributed by atoms with Crippen LogP contribution in [-0.4, -0.2) is 172 Å². The molecule has 29 nitrogen and oxygen atoms in total. The van der Waals surface area contributed by atoms with Gasteiger partial charge in [0.1, 0.15) is 48.3 Å². The minimum Gasteiger partial charge on any atom is -0.481 e. The van der Waals surface area contributed by atoms with E-state index in [1.165, 1.54) is 6.92 Å². The lowest BCUT2D eigenvalue weighted by Gasteiger charge is -2.29. The van der Waals surface area contributed by atoms with Crippen molar-refractivity contribution in [1.82, 2.24) is 42.5 Å². The van der Waals surface area contributed by atoms with Gasteiger partial charge < -0.3 is 91.6 Å². The molecule has 0 radical (unpaired) electrons. The minimum absolute atomic E-state index is 0.0180. The van der Waals surface area contributed by atoms with Gasteiger partial charge in [0.05, 0.1) is 25.7 Å². The Kier molecular flexibility index (Phi) is 31.3. The van der Waals surface area contributed by atoms with Gasteiger partial charge in [0.15, 0.2) is 5.96 Å². The monoisotopic (exact) mass is 1090 g/mol. The molecule has 9 amide bonds. The molecule has 29 heteroatoms. The SMILES string of the molecule is CC[C@H](C)[C@H](NC(=O)[C@H](CO)NC(=O)[C@H](CC(N)=O)NC(=O)[C@H](CCC(=O)O)NC(=O)[C@H](Cc1ccccc1)NC(=O)[C@@H](N)CCCCN)C(=O)N[C@@H](CO)C(=O)N[C@@H](CCCN=C(N)N)C(=O)N[C@@H](CC(C)C)C(=O)O. The fourth-order valence-corrected chi connectivity index (χ4v) is 7.36. The summed E-state index contributed by atoms with van der Waals surface area (Å²) in [5, 5.41) is 58.6. The van der Waals surface area contributed by atoms with Crippen molar-refractivity contribution < 1.29 is 73.2 Å². The summed E-state index contributed by atoms with van der Waals surface area (Å²) in [5.74, 6) is -13.4. The molecular weight excluding hydrogens is 1010 g/mol. The predicted molar refractivity (Wildman–Crippen MR) is 278 cm³/mol. The molecule has 432 valence electrons. The van der Waals surface area contributed by atoms with Crippen LogP contribution in [0.3, 0.4) is 0 Å². The van der Waals surface area contributed by atoms with Crippen LogP contribution in [0.15, 0.2) is 35.3 Å². The number of nitrogens with zero attached hydrogens (tertiary/aromatic N) is 1. The molecule has 1 aromatic rings. The second-order valence-electron chi connectivity index (χ2n) is 18.8. The van der Waals surface area contributed by atoms with Gasteiger partial charge in [-0.2, -0.15) is 0 Å². The molecule has 0 spiro atoms. The van der Waals surface area contributed by atoms with Crippen molar-refractivity contribution in [3.8, 4) is 0 Å². The first kappa shape index (κ1) is 67.5. The van der Waals surface area contributed by atoms with Gasteiger partial charge in [-0.25, -0.2) is 4.79 Å². The second-order valence-corrected chi connectivity index (χ2v) is 18.8. The van der Waals surface area contributed by atoms with Crippen molar-refractivity contribution in [2.24, 2.45) is 45.5 Å². The van der Waals surface area contributed by atoms with E-state index in [0.717, 1.165) is 0 Å². The fourth-order valence-electron chi connectivity index (χ4n) is 7.36. The van der Waals surface area contributed by atoms with Crippen LogP contribution in [0.2, 0.25) is 0 Å². The number of hydrogen-bond donors (Lipinski definition) is 17. The second kappa shape index (κ2) is 35.7. The number of carboxylic acid groups (broad SMARTS) is 2. The van der Waals surface area contributed by atoms with Crippen LogP contribution in [0.1, 0.15) is 97.5 Å². The van der Waals surface area contributed by atoms with Gasteiger partial charge in [-0.3, -0.25) is 52.9 Å². The smallest absolute Gasteiger partial charge is 0.326 e. The quantitative estimate of drug-likeness (QED) is 0.0167. The molecule has 0 aliphatic heterocycles. The van der Waals surface area contributed by atoms with E-state index < -0.39 is 158 Å². The van der Waals surface area contributed by atoms with Gasteiger partial charge in [-0.1, -0.05) is 70.9 Å². The van der Waals surface area contributed by atoms with Crippen LogP contribution in [-0.2, 0) is 59.2 Å². The maximum absolute atomic E-state index is 13.9. The number of guanidine groups is 1. The highest BCUT2D eigenvalue weighted by Crippen LogP contribution is 2.12. The number of unbranched alkanes of at least 4 members (excludes halogenated alkanes) is 1. The summed E-state index contributed by atoms with van der Waals surface area (Å²) in [6.45, 7) is 4.84. The van der Waals surface area contributed by atoms with Crippen LogP contribution >= 0.6 is 0 Å². The predicted octanol–water partition coefficient (Wildman–Crippen LogP) is -5.48. The number of aliphatic imine (C=N–C) groups is 1. The average molecular weight is 1090 g/mol. The molecule has 77 heavy (non-hydrogen) atoms. The van der Waals surface area contributed by atoms with E-state index in [-0.39, 0.29) is 56.9 Å². The van der Waals surface area contributed by atoms with Crippen LogP contribution in [0.5, 0.6) is 0 Å². The topological polar surface area (TPSA) is 507 Å². The number of rotatable bonds is 38. The number of hydrogen-bond acceptors (Lipinski definition) is 16. The molecule has 0 bridgehead atoms. The van der Waals surface area contributed by atoms with Crippen molar-refractivity contribution >= 4 is 71.1 Å². The van der Waals surface area contributed by atoms with Crippen molar-refractivity contribution in [3.05, 3.63) is 35.9 Å². The molecule has 22 N–H and O–H groups in total. The third kappa shape index (κ3) is 26.2. The highest BCUT2D eigenvalue weighted by Gasteiger charge is 2.36. The minimum atomic E-state index is -1.92. The van der Waals surface area contributed by atoms with E-state index in [1.807, 2.05) is 0 Å². The lowest BCUT2D eigenvalue weighted by molar-refractivity contribution is -0.143. The molecule has 0 saturated heterocycles. The number of amides is 9. The summed E-state index contributed by atoms with van der Waals surface area (Å²) in [7, 11) is 0. The number of carbonyl (C=O) groups is 11. The van der Waals surface area contributed by atoms with E-state index in [9.17, 15) is 73.2 Å². The lowest BCUT2D eigenvalue weighted by atomic mass is 9.97. The first-order chi connectivity index (χ1) is 36.3. The first-order valence-corrected chi connectivity index (χ1v) is 25.2. The zero-order valence-corrected chi connectivity index (χ0v) is 44.0. The van der Waals surface area contributed by atoms with Crippen molar-refractivity contribution in [3.63, 3.8) is 0 Å². The van der Waals surface area contributed by atoms with E-state index in [4.69, 9.17) is 28.7 Å². The van der Waals surface area contributed by atoms with Gasteiger partial charge in [-0.05, 0) is 62.5 Å². The molecular formula is C48H80N14O15. The summed E-state index contributed by atoms with van der Waals surface area (Å²) < 4.78 is 0. The summed E-state index contributed by atoms with van der Waals surface area (Å²) in [6.07, 6.45) is -0.695. The molecule has 0 saturated carbocycles. The third-order valence-corrected chi connectivity index (χ3v) is 11.9. The standard InChI is InChI=1S/C48H80N14O15/c1-5-26(4)38(46(75)61-34(23-63)44(73)55-29(15-11-19-54-48(52)53)40(69)59-33(47(76)77)20-25(2)3)62-45(74)35(24-64)60-43(72)32(22-36(51)65)58-41(70)30(16-17-37(66)67)56-42(71)31(21-27-12-7-6-8-13-27)57-39(68)28(50)14-9-10-18-49/h6-8,12-13,25-26,28-35,38,63-64H,5,9-11,14-24,49-50H2,1-4H3,(H2,51,65)(H,55,73)(H,56,71)(H,57,68)(H,58,70)(H,59,69)(H,60,72)(H,61,75)(H,62,74)(H,66,67)(H,76,77)(H4,52,53,54)/t26-,28-,29-,30-,31-,32-,33-,34-,35-,38-/m0/s1. The molecule has 0 aliphatic rings. The molecule has 0 fully saturated rings. The van der Waals surface area contributed by atoms with Crippen LogP contribution < -0.4 is 71.2 Å². The Balaban J connectivity index is 3.38. The highest BCUT2D eigenvalue weighted by atomic mass is 16.4. The van der Waals surface area contributed by atoms with Crippen molar-refractivity contribution in [2.45, 2.75) is 153 Å². The van der Waals surface area contributed by atoms with E-state index in [2.05, 4.69) is 47.5 Å². The Morgan fingerprint density at radius 2 is 1.05 bits per heavy atom. The zero-order chi connectivity index (χ0) is 58.4. The normalized spacial score (nSPS) is 14.9. The summed E-state index contributed by atoms with van der Waals surface area (Å²) in [5.41, 5.74) is 28.4. The lowest BCUT2D eigenvalue weighted by Crippen LogP contribution is -2.62. The average Bonchev–Trinajstić information content (AvgIpc) is 3.36. The molecule has 0 aromatic heterocycles. The van der Waals surface area contributed by atoms with E-state index in [0.29, 0.717) is 24.9 Å². The summed E-state index contributed by atoms with van der Waals surface area (Å²) in [6, 6.07) is -5.55. The summed E-state index contributed by atoms with van der Waals surface area (Å²) >= 11 is 0. The molecule has 10 atom stereocenters. The number of nitrogens with one attached hydrogen (secondary N) is 8. The van der Waals surface area contributed by atoms with E-state index in [1.54, 1.807) is 51.1 Å². The fraction of sp³-hybridized carbons (Fsp3) is 0.625. The molecule has 0 unspecified atom stereocenters. The van der Waals surface area contributed by atoms with Gasteiger partial charge in [0.25, 0.3) is 0 Å². The van der Waals surface area contributed by atoms with E-state index >= 15 is 0 Å². The number of carbonyl (C=O) groups excluding carboxylic acids is 9. The number of aliphatic hydroxyl groups is 2. The zero-order valence-electron chi connectivity index (χ0n) is 44.0.